The predicted octanol–water partition coefficient (Wildman–Crippen LogP) is 3.20. The van der Waals surface area contributed by atoms with Gasteiger partial charge in [0.15, 0.2) is 0 Å². The van der Waals surface area contributed by atoms with Crippen LogP contribution in [0.5, 0.6) is 0 Å². The number of hydrogen-bond acceptors (Lipinski definition) is 4. The molecule has 6 heteroatoms. The van der Waals surface area contributed by atoms with Crippen LogP contribution in [0.1, 0.15) is 21.6 Å². The summed E-state index contributed by atoms with van der Waals surface area (Å²) in [6.07, 6.45) is 1.98. The van der Waals surface area contributed by atoms with E-state index >= 15 is 0 Å². The van der Waals surface area contributed by atoms with E-state index in [4.69, 9.17) is 0 Å². The first-order valence-electron chi connectivity index (χ1n) is 8.33. The minimum absolute atomic E-state index is 0.266. The van der Waals surface area contributed by atoms with Crippen LogP contribution in [0.4, 0.5) is 10.2 Å². The van der Waals surface area contributed by atoms with Gasteiger partial charge in [-0.3, -0.25) is 4.79 Å². The zero-order valence-electron chi connectivity index (χ0n) is 14.2. The van der Waals surface area contributed by atoms with Gasteiger partial charge in [0.25, 0.3) is 5.91 Å². The molecule has 5 nitrogen and oxygen atoms in total. The van der Waals surface area contributed by atoms with Gasteiger partial charge in [-0.15, -0.1) is 0 Å². The fraction of sp³-hybridized carbons (Fsp3) is 0.150. The molecule has 0 aliphatic heterocycles. The molecule has 132 valence electrons. The molecular formula is C20H19FN4O. The quantitative estimate of drug-likeness (QED) is 0.687. The number of hydrogen-bond donors (Lipinski definition) is 2. The molecule has 0 fully saturated rings. The summed E-state index contributed by atoms with van der Waals surface area (Å²) in [5.74, 6) is 0.0547. The smallest absolute Gasteiger partial charge is 0.270 e. The largest absolute Gasteiger partial charge is 0.366 e. The normalized spacial score (nSPS) is 10.3. The second-order valence-electron chi connectivity index (χ2n) is 5.76. The minimum atomic E-state index is -0.269. The lowest BCUT2D eigenvalue weighted by atomic mass is 10.1. The lowest BCUT2D eigenvalue weighted by Gasteiger charge is -2.08. The van der Waals surface area contributed by atoms with E-state index in [1.807, 2.05) is 30.3 Å². The molecule has 0 atom stereocenters. The van der Waals surface area contributed by atoms with Crippen molar-refractivity contribution in [1.29, 1.82) is 0 Å². The standard InChI is InChI=1S/C20H19FN4O/c21-17-8-6-15(7-9-17)10-11-22-20(26)18-12-19(25-14-24-18)23-13-16-4-2-1-3-5-16/h1-9,12,14H,10-11,13H2,(H,22,26)(H,23,24,25). The lowest BCUT2D eigenvalue weighted by Crippen LogP contribution is -2.26. The molecular weight excluding hydrogens is 331 g/mol. The number of carbonyl (C=O) groups excluding carboxylic acids is 1. The molecule has 0 aliphatic rings. The summed E-state index contributed by atoms with van der Waals surface area (Å²) in [5, 5.41) is 5.99. The lowest BCUT2D eigenvalue weighted by molar-refractivity contribution is 0.0949. The first-order chi connectivity index (χ1) is 12.7. The van der Waals surface area contributed by atoms with Crippen molar-refractivity contribution < 1.29 is 9.18 Å². The van der Waals surface area contributed by atoms with E-state index in [0.717, 1.165) is 11.1 Å². The third-order valence-corrected chi connectivity index (χ3v) is 3.83. The van der Waals surface area contributed by atoms with Crippen molar-refractivity contribution in [1.82, 2.24) is 15.3 Å². The van der Waals surface area contributed by atoms with Crippen LogP contribution in [0.2, 0.25) is 0 Å². The molecule has 3 aromatic rings. The summed E-state index contributed by atoms with van der Waals surface area (Å²) in [4.78, 5) is 20.4. The van der Waals surface area contributed by atoms with Gasteiger partial charge in [-0.25, -0.2) is 14.4 Å². The van der Waals surface area contributed by atoms with Crippen molar-refractivity contribution >= 4 is 11.7 Å². The number of nitrogens with one attached hydrogen (secondary N) is 2. The number of aromatic nitrogens is 2. The van der Waals surface area contributed by atoms with Crippen molar-refractivity contribution in [3.63, 3.8) is 0 Å². The van der Waals surface area contributed by atoms with Gasteiger partial charge < -0.3 is 10.6 Å². The maximum Gasteiger partial charge on any atom is 0.270 e. The molecule has 0 aliphatic carbocycles. The molecule has 0 saturated carbocycles. The van der Waals surface area contributed by atoms with E-state index in [1.54, 1.807) is 18.2 Å². The second kappa shape index (κ2) is 8.71. The van der Waals surface area contributed by atoms with Gasteiger partial charge in [-0.05, 0) is 29.7 Å². The van der Waals surface area contributed by atoms with Crippen molar-refractivity contribution in [2.24, 2.45) is 0 Å². The van der Waals surface area contributed by atoms with E-state index in [0.29, 0.717) is 31.0 Å². The average Bonchev–Trinajstić information content (AvgIpc) is 2.69. The summed E-state index contributed by atoms with van der Waals surface area (Å²) in [6.45, 7) is 1.06. The highest BCUT2D eigenvalue weighted by atomic mass is 19.1. The molecule has 2 N–H and O–H groups in total. The molecule has 3 rings (SSSR count). The van der Waals surface area contributed by atoms with Crippen molar-refractivity contribution in [3.8, 4) is 0 Å². The van der Waals surface area contributed by atoms with E-state index in [1.165, 1.54) is 18.5 Å². The van der Waals surface area contributed by atoms with Crippen LogP contribution in [0.25, 0.3) is 0 Å². The minimum Gasteiger partial charge on any atom is -0.366 e. The van der Waals surface area contributed by atoms with Crippen LogP contribution in [0, 0.1) is 5.82 Å². The highest BCUT2D eigenvalue weighted by Crippen LogP contribution is 2.07. The number of benzene rings is 2. The average molecular weight is 350 g/mol. The Morgan fingerprint density at radius 1 is 0.962 bits per heavy atom. The number of carbonyl (C=O) groups is 1. The third kappa shape index (κ3) is 5.11. The fourth-order valence-electron chi connectivity index (χ4n) is 2.43. The Morgan fingerprint density at radius 2 is 1.73 bits per heavy atom. The van der Waals surface area contributed by atoms with Crippen LogP contribution >= 0.6 is 0 Å². The maximum absolute atomic E-state index is 12.9. The number of halogens is 1. The number of nitrogens with zero attached hydrogens (tertiary/aromatic N) is 2. The van der Waals surface area contributed by atoms with Gasteiger partial charge in [0.1, 0.15) is 23.7 Å². The van der Waals surface area contributed by atoms with Crippen molar-refractivity contribution in [2.75, 3.05) is 11.9 Å². The number of amides is 1. The van der Waals surface area contributed by atoms with E-state index in [-0.39, 0.29) is 11.7 Å². The van der Waals surface area contributed by atoms with Gasteiger partial charge >= 0.3 is 0 Å². The Hall–Kier alpha value is -3.28. The van der Waals surface area contributed by atoms with Gasteiger partial charge in [0, 0.05) is 19.2 Å². The van der Waals surface area contributed by atoms with E-state index in [2.05, 4.69) is 20.6 Å². The molecule has 0 radical (unpaired) electrons. The van der Waals surface area contributed by atoms with Gasteiger partial charge in [0.05, 0.1) is 0 Å². The summed E-state index contributed by atoms with van der Waals surface area (Å²) in [6, 6.07) is 17.8. The predicted molar refractivity (Wildman–Crippen MR) is 98.2 cm³/mol. The van der Waals surface area contributed by atoms with Crippen LogP contribution in [-0.4, -0.2) is 22.4 Å². The molecule has 26 heavy (non-hydrogen) atoms. The van der Waals surface area contributed by atoms with Crippen LogP contribution in [0.3, 0.4) is 0 Å². The van der Waals surface area contributed by atoms with Crippen LogP contribution in [-0.2, 0) is 13.0 Å². The first-order valence-corrected chi connectivity index (χ1v) is 8.33. The zero-order valence-corrected chi connectivity index (χ0v) is 14.2. The molecule has 0 bridgehead atoms. The highest BCUT2D eigenvalue weighted by molar-refractivity contribution is 5.92. The Balaban J connectivity index is 1.51. The Bertz CT molecular complexity index is 853. The highest BCUT2D eigenvalue weighted by Gasteiger charge is 2.08. The maximum atomic E-state index is 12.9. The third-order valence-electron chi connectivity index (χ3n) is 3.83. The molecule has 2 aromatic carbocycles. The molecule has 1 amide bonds. The second-order valence-corrected chi connectivity index (χ2v) is 5.76. The fourth-order valence-corrected chi connectivity index (χ4v) is 2.43. The van der Waals surface area contributed by atoms with Gasteiger partial charge in [-0.1, -0.05) is 42.5 Å². The topological polar surface area (TPSA) is 66.9 Å². The monoisotopic (exact) mass is 350 g/mol. The van der Waals surface area contributed by atoms with Crippen LogP contribution in [0.15, 0.2) is 67.0 Å². The Morgan fingerprint density at radius 3 is 2.50 bits per heavy atom. The van der Waals surface area contributed by atoms with Crippen molar-refractivity contribution in [3.05, 3.63) is 89.6 Å². The molecule has 1 aromatic heterocycles. The first kappa shape index (κ1) is 17.5. The molecule has 1 heterocycles. The van der Waals surface area contributed by atoms with E-state index in [9.17, 15) is 9.18 Å². The summed E-state index contributed by atoms with van der Waals surface area (Å²) in [5.41, 5.74) is 2.38. The van der Waals surface area contributed by atoms with Gasteiger partial charge in [-0.2, -0.15) is 0 Å². The summed E-state index contributed by atoms with van der Waals surface area (Å²) < 4.78 is 12.9. The van der Waals surface area contributed by atoms with Crippen LogP contribution < -0.4 is 10.6 Å². The summed E-state index contributed by atoms with van der Waals surface area (Å²) in [7, 11) is 0. The Labute approximate surface area is 151 Å². The SMILES string of the molecule is O=C(NCCc1ccc(F)cc1)c1cc(NCc2ccccc2)ncn1. The zero-order chi connectivity index (χ0) is 18.2. The molecule has 0 saturated heterocycles. The molecule has 0 unspecified atom stereocenters. The number of rotatable bonds is 7. The van der Waals surface area contributed by atoms with Gasteiger partial charge in [0.2, 0.25) is 0 Å². The van der Waals surface area contributed by atoms with Crippen molar-refractivity contribution in [2.45, 2.75) is 13.0 Å². The summed E-state index contributed by atoms with van der Waals surface area (Å²) >= 11 is 0. The Kier molecular flexibility index (Phi) is 5.88. The molecule has 0 spiro atoms. The van der Waals surface area contributed by atoms with E-state index < -0.39 is 0 Å². The number of anilines is 1.